The second-order valence-electron chi connectivity index (χ2n) is 6.54. The van der Waals surface area contributed by atoms with Crippen LogP contribution in [-0.2, 0) is 11.3 Å². The van der Waals surface area contributed by atoms with Gasteiger partial charge in [-0.15, -0.1) is 11.3 Å². The van der Waals surface area contributed by atoms with Crippen molar-refractivity contribution in [1.29, 1.82) is 0 Å². The van der Waals surface area contributed by atoms with E-state index in [2.05, 4.69) is 15.5 Å². The van der Waals surface area contributed by atoms with E-state index in [1.807, 2.05) is 17.5 Å². The number of benzene rings is 1. The van der Waals surface area contributed by atoms with Crippen molar-refractivity contribution in [2.75, 3.05) is 0 Å². The highest BCUT2D eigenvalue weighted by Crippen LogP contribution is 2.24. The summed E-state index contributed by atoms with van der Waals surface area (Å²) >= 11 is 1.54. The number of thiophene rings is 1. The number of carbonyl (C=O) groups is 1. The molecule has 152 valence electrons. The van der Waals surface area contributed by atoms with Gasteiger partial charge in [-0.1, -0.05) is 23.4 Å². The maximum atomic E-state index is 14.0. The highest BCUT2D eigenvalue weighted by atomic mass is 32.1. The number of nitrogens with zero attached hydrogens (tertiary/aromatic N) is 3. The number of halogens is 1. The summed E-state index contributed by atoms with van der Waals surface area (Å²) in [6.45, 7) is 2.03. The molecule has 1 N–H and O–H groups in total. The Morgan fingerprint density at radius 3 is 2.83 bits per heavy atom. The van der Waals surface area contributed by atoms with Crippen LogP contribution >= 0.6 is 11.3 Å². The number of pyridine rings is 1. The van der Waals surface area contributed by atoms with Gasteiger partial charge in [-0.05, 0) is 36.6 Å². The van der Waals surface area contributed by atoms with Crippen LogP contribution in [0.1, 0.15) is 17.8 Å². The molecule has 30 heavy (non-hydrogen) atoms. The molecule has 7 nitrogen and oxygen atoms in total. The molecule has 4 aromatic rings. The van der Waals surface area contributed by atoms with Crippen molar-refractivity contribution < 1.29 is 13.7 Å². The molecule has 4 rings (SSSR count). The van der Waals surface area contributed by atoms with Gasteiger partial charge < -0.3 is 14.4 Å². The molecule has 0 aliphatic carbocycles. The molecule has 0 aliphatic heterocycles. The fraction of sp³-hybridized carbons (Fsp3) is 0.143. The van der Waals surface area contributed by atoms with Crippen LogP contribution < -0.4 is 10.9 Å². The van der Waals surface area contributed by atoms with E-state index < -0.39 is 11.9 Å². The third-order valence-corrected chi connectivity index (χ3v) is 5.42. The van der Waals surface area contributed by atoms with Crippen LogP contribution in [-0.4, -0.2) is 20.6 Å². The van der Waals surface area contributed by atoms with E-state index in [0.717, 1.165) is 4.88 Å². The maximum absolute atomic E-state index is 14.0. The predicted octanol–water partition coefficient (Wildman–Crippen LogP) is 3.64. The zero-order chi connectivity index (χ0) is 21.1. The lowest BCUT2D eigenvalue weighted by Gasteiger charge is -2.15. The predicted molar refractivity (Wildman–Crippen MR) is 110 cm³/mol. The summed E-state index contributed by atoms with van der Waals surface area (Å²) in [5.41, 5.74) is 0.316. The molecule has 3 aromatic heterocycles. The van der Waals surface area contributed by atoms with E-state index in [9.17, 15) is 14.0 Å². The van der Waals surface area contributed by atoms with Crippen LogP contribution in [0.25, 0.3) is 22.8 Å². The number of hydrogen-bond acceptors (Lipinski definition) is 6. The van der Waals surface area contributed by atoms with Gasteiger partial charge in [0.25, 0.3) is 11.4 Å². The lowest BCUT2D eigenvalue weighted by atomic mass is 10.2. The Morgan fingerprint density at radius 1 is 1.23 bits per heavy atom. The highest BCUT2D eigenvalue weighted by Gasteiger charge is 2.19. The Bertz CT molecular complexity index is 1230. The van der Waals surface area contributed by atoms with E-state index >= 15 is 0 Å². The van der Waals surface area contributed by atoms with Gasteiger partial charge in [0, 0.05) is 17.1 Å². The van der Waals surface area contributed by atoms with Gasteiger partial charge in [0.15, 0.2) is 0 Å². The zero-order valence-corrected chi connectivity index (χ0v) is 16.7. The molecule has 1 atom stereocenters. The molecule has 1 aromatic carbocycles. The van der Waals surface area contributed by atoms with Gasteiger partial charge in [-0.2, -0.15) is 4.98 Å². The smallest absolute Gasteiger partial charge is 0.259 e. The van der Waals surface area contributed by atoms with Gasteiger partial charge in [0.05, 0.1) is 17.7 Å². The Hall–Kier alpha value is -3.59. The molecule has 1 unspecified atom stereocenters. The second kappa shape index (κ2) is 8.42. The molecule has 0 radical (unpaired) electrons. The highest BCUT2D eigenvalue weighted by molar-refractivity contribution is 7.09. The number of carbonyl (C=O) groups excluding carboxylic acids is 1. The maximum Gasteiger partial charge on any atom is 0.259 e. The van der Waals surface area contributed by atoms with Crippen LogP contribution in [0, 0.1) is 5.82 Å². The largest absolute Gasteiger partial charge is 0.349 e. The summed E-state index contributed by atoms with van der Waals surface area (Å²) in [5.74, 6) is -0.540. The van der Waals surface area contributed by atoms with Gasteiger partial charge in [0.1, 0.15) is 11.9 Å². The van der Waals surface area contributed by atoms with E-state index in [1.165, 1.54) is 40.3 Å². The summed E-state index contributed by atoms with van der Waals surface area (Å²) in [4.78, 5) is 30.1. The van der Waals surface area contributed by atoms with Crippen molar-refractivity contribution in [2.24, 2.45) is 0 Å². The van der Waals surface area contributed by atoms with Gasteiger partial charge in [0.2, 0.25) is 11.7 Å². The average Bonchev–Trinajstić information content (AvgIpc) is 3.44. The van der Waals surface area contributed by atoms with Crippen LogP contribution in [0.2, 0.25) is 0 Å². The van der Waals surface area contributed by atoms with Crippen LogP contribution in [0.3, 0.4) is 0 Å². The SMILES string of the molecule is CC(C(=O)NCc1cccs1)n1cc(-c2nc(-c3ccccc3F)no2)ccc1=O. The number of hydrogen-bond donors (Lipinski definition) is 1. The molecule has 0 spiro atoms. The van der Waals surface area contributed by atoms with Crippen LogP contribution in [0.15, 0.2) is 69.4 Å². The molecule has 0 aliphatic rings. The molecule has 0 saturated heterocycles. The molecule has 0 fully saturated rings. The average molecular weight is 424 g/mol. The fourth-order valence-electron chi connectivity index (χ4n) is 2.89. The van der Waals surface area contributed by atoms with Crippen LogP contribution in [0.5, 0.6) is 0 Å². The monoisotopic (exact) mass is 424 g/mol. The van der Waals surface area contributed by atoms with Crippen LogP contribution in [0.4, 0.5) is 4.39 Å². The van der Waals surface area contributed by atoms with E-state index in [1.54, 1.807) is 25.1 Å². The number of amides is 1. The summed E-state index contributed by atoms with van der Waals surface area (Å²) in [6, 6.07) is 12.0. The minimum absolute atomic E-state index is 0.0996. The third kappa shape index (κ3) is 4.06. The molecule has 0 saturated carbocycles. The van der Waals surface area contributed by atoms with E-state index in [0.29, 0.717) is 12.1 Å². The first-order valence-electron chi connectivity index (χ1n) is 9.14. The summed E-state index contributed by atoms with van der Waals surface area (Å²) in [5, 5.41) is 8.57. The van der Waals surface area contributed by atoms with Crippen molar-refractivity contribution in [2.45, 2.75) is 19.5 Å². The number of rotatable bonds is 6. The first-order chi connectivity index (χ1) is 14.5. The Labute approximate surface area is 174 Å². The topological polar surface area (TPSA) is 90.0 Å². The van der Waals surface area contributed by atoms with Crippen molar-refractivity contribution in [1.82, 2.24) is 20.0 Å². The standard InChI is InChI=1S/C21H17FN4O3S/c1-13(20(28)23-11-15-5-4-10-30-15)26-12-14(8-9-18(26)27)21-24-19(25-29-21)16-6-2-3-7-17(16)22/h2-10,12-13H,11H2,1H3,(H,23,28). The Balaban J connectivity index is 1.57. The van der Waals surface area contributed by atoms with Crippen molar-refractivity contribution >= 4 is 17.2 Å². The quantitative estimate of drug-likeness (QED) is 0.510. The second-order valence-corrected chi connectivity index (χ2v) is 7.57. The lowest BCUT2D eigenvalue weighted by molar-refractivity contribution is -0.124. The van der Waals surface area contributed by atoms with Crippen molar-refractivity contribution in [3.05, 3.63) is 81.2 Å². The van der Waals surface area contributed by atoms with Gasteiger partial charge >= 0.3 is 0 Å². The molecular weight excluding hydrogens is 407 g/mol. The molecule has 3 heterocycles. The summed E-state index contributed by atoms with van der Waals surface area (Å²) < 4.78 is 20.5. The molecular formula is C21H17FN4O3S. The van der Waals surface area contributed by atoms with E-state index in [4.69, 9.17) is 4.52 Å². The summed E-state index contributed by atoms with van der Waals surface area (Å²) in [7, 11) is 0. The summed E-state index contributed by atoms with van der Waals surface area (Å²) in [6.07, 6.45) is 1.48. The normalized spacial score (nSPS) is 11.9. The number of aromatic nitrogens is 3. The zero-order valence-electron chi connectivity index (χ0n) is 15.9. The molecule has 1 amide bonds. The first kappa shape index (κ1) is 19.7. The van der Waals surface area contributed by atoms with Gasteiger partial charge in [-0.3, -0.25) is 9.59 Å². The molecule has 0 bridgehead atoms. The van der Waals surface area contributed by atoms with Crippen molar-refractivity contribution in [3.8, 4) is 22.8 Å². The van der Waals surface area contributed by atoms with Gasteiger partial charge in [-0.25, -0.2) is 4.39 Å². The Morgan fingerprint density at radius 2 is 2.07 bits per heavy atom. The fourth-order valence-corrected chi connectivity index (χ4v) is 3.53. The molecule has 9 heteroatoms. The number of nitrogens with one attached hydrogen (secondary N) is 1. The third-order valence-electron chi connectivity index (χ3n) is 4.54. The Kier molecular flexibility index (Phi) is 5.53. The first-order valence-corrected chi connectivity index (χ1v) is 10.0. The minimum atomic E-state index is -0.744. The van der Waals surface area contributed by atoms with E-state index in [-0.39, 0.29) is 28.7 Å². The lowest BCUT2D eigenvalue weighted by Crippen LogP contribution is -2.35. The minimum Gasteiger partial charge on any atom is -0.349 e. The van der Waals surface area contributed by atoms with Crippen molar-refractivity contribution in [3.63, 3.8) is 0 Å².